The second kappa shape index (κ2) is 4.49. The van der Waals surface area contributed by atoms with Crippen LogP contribution < -0.4 is 0 Å². The molecule has 4 heteroatoms. The Bertz CT molecular complexity index is 390. The molecule has 0 aliphatic rings. The van der Waals surface area contributed by atoms with Crippen LogP contribution in [0.3, 0.4) is 0 Å². The van der Waals surface area contributed by atoms with E-state index in [2.05, 4.69) is 0 Å². The lowest BCUT2D eigenvalue weighted by molar-refractivity contribution is 0.601. The largest absolute Gasteiger partial charge is 0.206 e. The summed E-state index contributed by atoms with van der Waals surface area (Å²) in [5.41, 5.74) is 0.291. The molecule has 0 fully saturated rings. The molecule has 0 aliphatic carbocycles. The van der Waals surface area contributed by atoms with Crippen molar-refractivity contribution in [2.45, 2.75) is 4.90 Å². The molecule has 2 nitrogen and oxygen atoms in total. The van der Waals surface area contributed by atoms with Gasteiger partial charge in [-0.05, 0) is 18.2 Å². The second-order valence-electron chi connectivity index (χ2n) is 2.20. The Kier molecular flexibility index (Phi) is 3.31. The number of hydrogen-bond acceptors (Lipinski definition) is 3. The second-order valence-corrected chi connectivity index (χ2v) is 3.22. The minimum Gasteiger partial charge on any atom is -0.206 e. The molecule has 64 valence electrons. The van der Waals surface area contributed by atoms with E-state index >= 15 is 0 Å². The number of benzene rings is 1. The maximum absolute atomic E-state index is 13.1. The van der Waals surface area contributed by atoms with Crippen molar-refractivity contribution in [3.05, 3.63) is 29.6 Å². The molecule has 0 heterocycles. The molecule has 0 spiro atoms. The highest BCUT2D eigenvalue weighted by Crippen LogP contribution is 2.21. The van der Waals surface area contributed by atoms with Gasteiger partial charge in [0, 0.05) is 4.90 Å². The zero-order valence-corrected chi connectivity index (χ0v) is 7.44. The summed E-state index contributed by atoms with van der Waals surface area (Å²) in [7, 11) is 0. The van der Waals surface area contributed by atoms with Gasteiger partial charge in [-0.2, -0.15) is 10.5 Å². The third-order valence-corrected chi connectivity index (χ3v) is 2.27. The highest BCUT2D eigenvalue weighted by Gasteiger charge is 2.02. The van der Waals surface area contributed by atoms with Gasteiger partial charge in [-0.3, -0.25) is 0 Å². The maximum atomic E-state index is 13.1. The van der Waals surface area contributed by atoms with Crippen LogP contribution in [0.1, 0.15) is 5.56 Å². The van der Waals surface area contributed by atoms with E-state index in [9.17, 15) is 4.39 Å². The van der Waals surface area contributed by atoms with Gasteiger partial charge in [0.25, 0.3) is 0 Å². The van der Waals surface area contributed by atoms with Gasteiger partial charge in [-0.25, -0.2) is 4.39 Å². The normalized spacial score (nSPS) is 8.85. The molecule has 1 aromatic carbocycles. The summed E-state index contributed by atoms with van der Waals surface area (Å²) in [5, 5.41) is 16.7. The Labute approximate surface area is 79.6 Å². The van der Waals surface area contributed by atoms with Gasteiger partial charge < -0.3 is 0 Å². The molecule has 0 N–H and O–H groups in total. The van der Waals surface area contributed by atoms with Crippen LogP contribution in [0.4, 0.5) is 4.39 Å². The Hall–Kier alpha value is -1.52. The number of nitriles is 2. The van der Waals surface area contributed by atoms with Gasteiger partial charge >= 0.3 is 0 Å². The maximum Gasteiger partial charge on any atom is 0.138 e. The van der Waals surface area contributed by atoms with E-state index in [4.69, 9.17) is 10.5 Å². The summed E-state index contributed by atoms with van der Waals surface area (Å²) in [6.45, 7) is 0. The van der Waals surface area contributed by atoms with Crippen molar-refractivity contribution in [1.29, 1.82) is 10.5 Å². The lowest BCUT2D eigenvalue weighted by Gasteiger charge is -1.98. The molecule has 0 unspecified atom stereocenters. The number of nitrogens with zero attached hydrogens (tertiary/aromatic N) is 2. The van der Waals surface area contributed by atoms with Crippen LogP contribution in [-0.4, -0.2) is 5.75 Å². The first-order valence-corrected chi connectivity index (χ1v) is 4.46. The minimum absolute atomic E-state index is 0.211. The third kappa shape index (κ3) is 2.47. The average molecular weight is 192 g/mol. The van der Waals surface area contributed by atoms with E-state index in [0.717, 1.165) is 11.8 Å². The fraction of sp³-hybridized carbons (Fsp3) is 0.111. The van der Waals surface area contributed by atoms with Crippen LogP contribution in [0.5, 0.6) is 0 Å². The molecule has 0 saturated heterocycles. The zero-order chi connectivity index (χ0) is 9.68. The Balaban J connectivity index is 2.88. The van der Waals surface area contributed by atoms with Crippen molar-refractivity contribution in [2.24, 2.45) is 0 Å². The molecule has 0 aliphatic heterocycles. The van der Waals surface area contributed by atoms with E-state index in [1.165, 1.54) is 18.2 Å². The van der Waals surface area contributed by atoms with Crippen molar-refractivity contribution in [3.8, 4) is 12.1 Å². The minimum atomic E-state index is -0.445. The first-order chi connectivity index (χ1) is 6.27. The lowest BCUT2D eigenvalue weighted by Crippen LogP contribution is -1.84. The van der Waals surface area contributed by atoms with Crippen LogP contribution in [0, 0.1) is 28.5 Å². The van der Waals surface area contributed by atoms with E-state index in [1.807, 2.05) is 12.1 Å². The van der Waals surface area contributed by atoms with Gasteiger partial charge in [-0.15, -0.1) is 11.8 Å². The molecule has 0 amide bonds. The predicted molar refractivity (Wildman–Crippen MR) is 47.5 cm³/mol. The quantitative estimate of drug-likeness (QED) is 0.675. The van der Waals surface area contributed by atoms with Crippen molar-refractivity contribution in [1.82, 2.24) is 0 Å². The van der Waals surface area contributed by atoms with Gasteiger partial charge in [0.1, 0.15) is 5.82 Å². The molecule has 0 saturated carbocycles. The molecule has 0 atom stereocenters. The number of hydrogen-bond donors (Lipinski definition) is 0. The fourth-order valence-corrected chi connectivity index (χ4v) is 1.38. The average Bonchev–Trinajstić information content (AvgIpc) is 2.16. The van der Waals surface area contributed by atoms with E-state index in [0.29, 0.717) is 10.5 Å². The van der Waals surface area contributed by atoms with Crippen LogP contribution in [0.15, 0.2) is 23.1 Å². The molecule has 13 heavy (non-hydrogen) atoms. The molecular weight excluding hydrogens is 187 g/mol. The van der Waals surface area contributed by atoms with Crippen molar-refractivity contribution < 1.29 is 4.39 Å². The highest BCUT2D eigenvalue weighted by atomic mass is 32.2. The SMILES string of the molecule is N#CCSc1ccc(C#N)cc1F. The van der Waals surface area contributed by atoms with E-state index in [1.54, 1.807) is 0 Å². The summed E-state index contributed by atoms with van der Waals surface area (Å²) in [6, 6.07) is 7.95. The molecule has 1 rings (SSSR count). The molecule has 0 bridgehead atoms. The first kappa shape index (κ1) is 9.57. The Morgan fingerprint density at radius 1 is 1.38 bits per heavy atom. The molecule has 1 aromatic rings. The van der Waals surface area contributed by atoms with Gasteiger partial charge in [-0.1, -0.05) is 0 Å². The number of halogens is 1. The van der Waals surface area contributed by atoms with Crippen LogP contribution in [0.2, 0.25) is 0 Å². The van der Waals surface area contributed by atoms with Crippen molar-refractivity contribution in [3.63, 3.8) is 0 Å². The number of rotatable bonds is 2. The highest BCUT2D eigenvalue weighted by molar-refractivity contribution is 7.99. The standard InChI is InChI=1S/C9H5FN2S/c10-8-5-7(6-12)1-2-9(8)13-4-3-11/h1-2,5H,4H2. The van der Waals surface area contributed by atoms with Crippen LogP contribution in [-0.2, 0) is 0 Å². The van der Waals surface area contributed by atoms with Crippen LogP contribution >= 0.6 is 11.8 Å². The summed E-state index contributed by atoms with van der Waals surface area (Å²) >= 11 is 1.12. The monoisotopic (exact) mass is 192 g/mol. The number of thioether (sulfide) groups is 1. The van der Waals surface area contributed by atoms with E-state index in [-0.39, 0.29) is 5.75 Å². The van der Waals surface area contributed by atoms with Crippen molar-refractivity contribution in [2.75, 3.05) is 5.75 Å². The summed E-state index contributed by atoms with van der Waals surface area (Å²) in [5.74, 6) is -0.234. The van der Waals surface area contributed by atoms with Crippen LogP contribution in [0.25, 0.3) is 0 Å². The summed E-state index contributed by atoms with van der Waals surface area (Å²) in [6.07, 6.45) is 0. The van der Waals surface area contributed by atoms with Gasteiger partial charge in [0.2, 0.25) is 0 Å². The van der Waals surface area contributed by atoms with Crippen molar-refractivity contribution >= 4 is 11.8 Å². The zero-order valence-electron chi connectivity index (χ0n) is 6.62. The first-order valence-electron chi connectivity index (χ1n) is 3.47. The van der Waals surface area contributed by atoms with Gasteiger partial charge in [0.05, 0.1) is 23.5 Å². The Morgan fingerprint density at radius 2 is 2.15 bits per heavy atom. The van der Waals surface area contributed by atoms with E-state index < -0.39 is 5.82 Å². The lowest BCUT2D eigenvalue weighted by atomic mass is 10.2. The topological polar surface area (TPSA) is 47.6 Å². The molecular formula is C9H5FN2S. The predicted octanol–water partition coefficient (Wildman–Crippen LogP) is 2.31. The third-order valence-electron chi connectivity index (χ3n) is 1.35. The molecule has 0 aromatic heterocycles. The Morgan fingerprint density at radius 3 is 2.69 bits per heavy atom. The summed E-state index contributed by atoms with van der Waals surface area (Å²) < 4.78 is 13.1. The summed E-state index contributed by atoms with van der Waals surface area (Å²) in [4.78, 5) is 0.403. The van der Waals surface area contributed by atoms with Gasteiger partial charge in [0.15, 0.2) is 0 Å². The smallest absolute Gasteiger partial charge is 0.138 e. The molecule has 0 radical (unpaired) electrons. The fourth-order valence-electron chi connectivity index (χ4n) is 0.797.